The summed E-state index contributed by atoms with van der Waals surface area (Å²) in [5.74, 6) is -0.522. The highest BCUT2D eigenvalue weighted by molar-refractivity contribution is 9.10. The molecule has 0 radical (unpaired) electrons. The molecule has 0 atom stereocenters. The molecule has 2 aromatic carbocycles. The Hall–Kier alpha value is -3.31. The lowest BCUT2D eigenvalue weighted by molar-refractivity contribution is -0.143. The molecule has 0 aliphatic carbocycles. The predicted octanol–water partition coefficient (Wildman–Crippen LogP) is 3.68. The Balaban J connectivity index is 1.64. The van der Waals surface area contributed by atoms with Gasteiger partial charge < -0.3 is 19.5 Å². The summed E-state index contributed by atoms with van der Waals surface area (Å²) in [6.45, 7) is -0.649. The highest BCUT2D eigenvalue weighted by atomic mass is 79.9. The van der Waals surface area contributed by atoms with Gasteiger partial charge in [0.25, 0.3) is 11.1 Å². The maximum Gasteiger partial charge on any atom is 0.343 e. The predicted molar refractivity (Wildman–Crippen MR) is 126 cm³/mol. The van der Waals surface area contributed by atoms with Gasteiger partial charge in [0, 0.05) is 5.69 Å². The SMILES string of the molecule is COC(=O)COc1ccc(/C=C2/SC(=O)N(CC(=O)Nc3ccc(OC)cc3)C2=O)cc1Br. The van der Waals surface area contributed by atoms with Crippen molar-refractivity contribution in [2.75, 3.05) is 32.7 Å². The van der Waals surface area contributed by atoms with Crippen LogP contribution in [0.25, 0.3) is 6.08 Å². The highest BCUT2D eigenvalue weighted by Gasteiger charge is 2.36. The molecule has 1 fully saturated rings. The number of anilines is 1. The summed E-state index contributed by atoms with van der Waals surface area (Å²) in [4.78, 5) is 49.6. The number of carbonyl (C=O) groups excluding carboxylic acids is 4. The first-order valence-electron chi connectivity index (χ1n) is 9.49. The van der Waals surface area contributed by atoms with Crippen LogP contribution in [0.4, 0.5) is 10.5 Å². The quantitative estimate of drug-likeness (QED) is 0.403. The Morgan fingerprint density at radius 3 is 2.48 bits per heavy atom. The van der Waals surface area contributed by atoms with Gasteiger partial charge in [-0.2, -0.15) is 0 Å². The number of nitrogens with one attached hydrogen (secondary N) is 1. The van der Waals surface area contributed by atoms with Gasteiger partial charge in [0.05, 0.1) is 23.6 Å². The minimum atomic E-state index is -0.558. The van der Waals surface area contributed by atoms with Crippen molar-refractivity contribution in [3.8, 4) is 11.5 Å². The summed E-state index contributed by atoms with van der Waals surface area (Å²) >= 11 is 4.10. The standard InChI is InChI=1S/C22H19BrN2O7S/c1-30-15-6-4-14(5-7-15)24-19(26)11-25-21(28)18(33-22(25)29)10-13-3-8-17(16(23)9-13)32-12-20(27)31-2/h3-10H,11-12H2,1-2H3,(H,24,26)/b18-10+. The molecule has 9 nitrogen and oxygen atoms in total. The van der Waals surface area contributed by atoms with Crippen LogP contribution >= 0.6 is 27.7 Å². The zero-order valence-electron chi connectivity index (χ0n) is 17.6. The molecule has 33 heavy (non-hydrogen) atoms. The maximum absolute atomic E-state index is 12.7. The third kappa shape index (κ3) is 6.36. The van der Waals surface area contributed by atoms with Gasteiger partial charge in [-0.1, -0.05) is 6.07 Å². The number of halogens is 1. The summed E-state index contributed by atoms with van der Waals surface area (Å²) in [6, 6.07) is 11.6. The number of carbonyl (C=O) groups is 4. The third-order valence-corrected chi connectivity index (χ3v) is 5.90. The van der Waals surface area contributed by atoms with Crippen LogP contribution in [0.1, 0.15) is 5.56 Å². The lowest BCUT2D eigenvalue weighted by atomic mass is 10.2. The molecule has 0 aromatic heterocycles. The molecule has 2 aromatic rings. The molecule has 1 heterocycles. The Morgan fingerprint density at radius 2 is 1.85 bits per heavy atom. The zero-order chi connectivity index (χ0) is 24.0. The van der Waals surface area contributed by atoms with Crippen molar-refractivity contribution in [2.45, 2.75) is 0 Å². The van der Waals surface area contributed by atoms with E-state index >= 15 is 0 Å². The van der Waals surface area contributed by atoms with Gasteiger partial charge in [0.2, 0.25) is 5.91 Å². The lowest BCUT2D eigenvalue weighted by Crippen LogP contribution is -2.36. The van der Waals surface area contributed by atoms with E-state index in [0.29, 0.717) is 27.2 Å². The van der Waals surface area contributed by atoms with Gasteiger partial charge >= 0.3 is 5.97 Å². The van der Waals surface area contributed by atoms with Crippen molar-refractivity contribution >= 4 is 62.5 Å². The number of rotatable bonds is 8. The van der Waals surface area contributed by atoms with Crippen LogP contribution < -0.4 is 14.8 Å². The Kier molecular flexibility index (Phi) is 8.12. The van der Waals surface area contributed by atoms with E-state index in [1.54, 1.807) is 48.5 Å². The average Bonchev–Trinajstić information content (AvgIpc) is 3.06. The topological polar surface area (TPSA) is 111 Å². The zero-order valence-corrected chi connectivity index (χ0v) is 20.0. The number of thioether (sulfide) groups is 1. The van der Waals surface area contributed by atoms with E-state index in [9.17, 15) is 19.2 Å². The number of benzene rings is 2. The van der Waals surface area contributed by atoms with Crippen molar-refractivity contribution in [3.05, 3.63) is 57.4 Å². The van der Waals surface area contributed by atoms with E-state index in [-0.39, 0.29) is 11.5 Å². The minimum Gasteiger partial charge on any atom is -0.497 e. The number of nitrogens with zero attached hydrogens (tertiary/aromatic N) is 1. The second-order valence-corrected chi connectivity index (χ2v) is 8.45. The van der Waals surface area contributed by atoms with Crippen LogP contribution in [0.2, 0.25) is 0 Å². The third-order valence-electron chi connectivity index (χ3n) is 4.38. The van der Waals surface area contributed by atoms with E-state index in [1.807, 2.05) is 0 Å². The van der Waals surface area contributed by atoms with Crippen molar-refractivity contribution < 1.29 is 33.4 Å². The molecule has 3 rings (SSSR count). The van der Waals surface area contributed by atoms with Crippen molar-refractivity contribution in [1.29, 1.82) is 0 Å². The fourth-order valence-electron chi connectivity index (χ4n) is 2.73. The van der Waals surface area contributed by atoms with E-state index in [0.717, 1.165) is 16.7 Å². The summed E-state index contributed by atoms with van der Waals surface area (Å²) in [5, 5.41) is 2.11. The lowest BCUT2D eigenvalue weighted by Gasteiger charge is -2.12. The van der Waals surface area contributed by atoms with Gasteiger partial charge in [-0.05, 0) is 75.7 Å². The van der Waals surface area contributed by atoms with E-state index in [1.165, 1.54) is 14.2 Å². The summed E-state index contributed by atoms with van der Waals surface area (Å²) in [6.07, 6.45) is 1.54. The second kappa shape index (κ2) is 11.0. The summed E-state index contributed by atoms with van der Waals surface area (Å²) in [5.41, 5.74) is 1.14. The van der Waals surface area contributed by atoms with E-state index in [2.05, 4.69) is 26.0 Å². The van der Waals surface area contributed by atoms with Crippen molar-refractivity contribution in [2.24, 2.45) is 0 Å². The molecule has 0 spiro atoms. The largest absolute Gasteiger partial charge is 0.497 e. The van der Waals surface area contributed by atoms with Gasteiger partial charge in [-0.15, -0.1) is 0 Å². The first kappa shape index (κ1) is 24.3. The van der Waals surface area contributed by atoms with Crippen molar-refractivity contribution in [1.82, 2.24) is 4.90 Å². The summed E-state index contributed by atoms with van der Waals surface area (Å²) < 4.78 is 15.5. The van der Waals surface area contributed by atoms with Crippen LogP contribution in [-0.4, -0.2) is 55.3 Å². The van der Waals surface area contributed by atoms with Crippen molar-refractivity contribution in [3.63, 3.8) is 0 Å². The normalized spacial score (nSPS) is 14.4. The minimum absolute atomic E-state index is 0.187. The van der Waals surface area contributed by atoms with Gasteiger partial charge in [0.1, 0.15) is 18.0 Å². The Bertz CT molecular complexity index is 1120. The number of imide groups is 1. The first-order chi connectivity index (χ1) is 15.8. The molecule has 1 N–H and O–H groups in total. The first-order valence-corrected chi connectivity index (χ1v) is 11.1. The molecule has 0 bridgehead atoms. The van der Waals surface area contributed by atoms with Crippen LogP contribution in [0.5, 0.6) is 11.5 Å². The van der Waals surface area contributed by atoms with Gasteiger partial charge in [-0.3, -0.25) is 19.3 Å². The second-order valence-electron chi connectivity index (χ2n) is 6.60. The monoisotopic (exact) mass is 534 g/mol. The highest BCUT2D eigenvalue weighted by Crippen LogP contribution is 2.34. The molecular formula is C22H19BrN2O7S. The fraction of sp³-hybridized carbons (Fsp3) is 0.182. The fourth-order valence-corrected chi connectivity index (χ4v) is 4.07. The van der Waals surface area contributed by atoms with Crippen LogP contribution in [0, 0.1) is 0 Å². The van der Waals surface area contributed by atoms with Gasteiger partial charge in [0.15, 0.2) is 6.61 Å². The van der Waals surface area contributed by atoms with Crippen LogP contribution in [0.3, 0.4) is 0 Å². The van der Waals surface area contributed by atoms with Gasteiger partial charge in [-0.25, -0.2) is 4.79 Å². The molecule has 3 amide bonds. The molecule has 11 heteroatoms. The van der Waals surface area contributed by atoms with Crippen LogP contribution in [0.15, 0.2) is 51.8 Å². The summed E-state index contributed by atoms with van der Waals surface area (Å²) in [7, 11) is 2.80. The molecule has 0 saturated carbocycles. The average molecular weight is 535 g/mol. The Morgan fingerprint density at radius 1 is 1.12 bits per heavy atom. The number of amides is 3. The molecule has 1 saturated heterocycles. The van der Waals surface area contributed by atoms with E-state index in [4.69, 9.17) is 9.47 Å². The molecule has 0 unspecified atom stereocenters. The number of hydrogen-bond acceptors (Lipinski definition) is 8. The van der Waals surface area contributed by atoms with E-state index < -0.39 is 29.6 Å². The molecule has 1 aliphatic rings. The van der Waals surface area contributed by atoms with Crippen LogP contribution in [-0.2, 0) is 19.1 Å². The number of methoxy groups -OCH3 is 2. The maximum atomic E-state index is 12.7. The number of hydrogen-bond donors (Lipinski definition) is 1. The number of ether oxygens (including phenoxy) is 3. The molecular weight excluding hydrogens is 516 g/mol. The Labute approximate surface area is 202 Å². The number of esters is 1. The smallest absolute Gasteiger partial charge is 0.343 e. The molecule has 172 valence electrons. The molecule has 1 aliphatic heterocycles.